The van der Waals surface area contributed by atoms with E-state index < -0.39 is 0 Å². The van der Waals surface area contributed by atoms with Crippen LogP contribution < -0.4 is 0 Å². The van der Waals surface area contributed by atoms with Crippen LogP contribution in [0.4, 0.5) is 0 Å². The van der Waals surface area contributed by atoms with Crippen LogP contribution in [0.3, 0.4) is 0 Å². The SMILES string of the molecule is CCCC1CC(c2nc(-c3nc(C)cs3)no2)CCO1. The third-order valence-electron chi connectivity index (χ3n) is 3.58. The summed E-state index contributed by atoms with van der Waals surface area (Å²) in [5.74, 6) is 1.66. The van der Waals surface area contributed by atoms with Gasteiger partial charge < -0.3 is 9.26 Å². The van der Waals surface area contributed by atoms with Crippen LogP contribution in [0.1, 0.15) is 50.1 Å². The summed E-state index contributed by atoms with van der Waals surface area (Å²) in [4.78, 5) is 8.92. The Hall–Kier alpha value is -1.27. The summed E-state index contributed by atoms with van der Waals surface area (Å²) in [5, 5.41) is 6.89. The van der Waals surface area contributed by atoms with Crippen LogP contribution in [0.5, 0.6) is 0 Å². The van der Waals surface area contributed by atoms with Crippen LogP contribution in [-0.4, -0.2) is 27.8 Å². The maximum atomic E-state index is 5.76. The molecule has 0 N–H and O–H groups in total. The molecule has 0 spiro atoms. The van der Waals surface area contributed by atoms with Crippen LogP contribution in [-0.2, 0) is 4.74 Å². The third-order valence-corrected chi connectivity index (χ3v) is 4.54. The zero-order valence-corrected chi connectivity index (χ0v) is 12.7. The smallest absolute Gasteiger partial charge is 0.231 e. The van der Waals surface area contributed by atoms with Gasteiger partial charge in [0.2, 0.25) is 11.7 Å². The van der Waals surface area contributed by atoms with E-state index in [1.54, 1.807) is 11.3 Å². The lowest BCUT2D eigenvalue weighted by atomic mass is 9.93. The molecule has 1 aliphatic rings. The standard InChI is InChI=1S/C14H19N3O2S/c1-3-4-11-7-10(5-6-18-11)13-16-12(17-19-13)14-15-9(2)8-20-14/h8,10-11H,3-7H2,1-2H3. The highest BCUT2D eigenvalue weighted by atomic mass is 32.1. The first-order chi connectivity index (χ1) is 9.76. The fourth-order valence-electron chi connectivity index (χ4n) is 2.57. The zero-order chi connectivity index (χ0) is 13.9. The van der Waals surface area contributed by atoms with Gasteiger partial charge in [0.15, 0.2) is 5.01 Å². The van der Waals surface area contributed by atoms with E-state index in [1.165, 1.54) is 0 Å². The fraction of sp³-hybridized carbons (Fsp3) is 0.643. The number of thiazole rings is 1. The fourth-order valence-corrected chi connectivity index (χ4v) is 3.29. The molecule has 0 saturated carbocycles. The molecule has 1 fully saturated rings. The highest BCUT2D eigenvalue weighted by Crippen LogP contribution is 2.32. The van der Waals surface area contributed by atoms with E-state index in [2.05, 4.69) is 22.0 Å². The predicted octanol–water partition coefficient (Wildman–Crippen LogP) is 3.56. The summed E-state index contributed by atoms with van der Waals surface area (Å²) in [7, 11) is 0. The molecule has 2 aromatic rings. The first kappa shape index (κ1) is 13.7. The lowest BCUT2D eigenvalue weighted by molar-refractivity contribution is -0.00302. The molecule has 2 atom stereocenters. The summed E-state index contributed by atoms with van der Waals surface area (Å²) >= 11 is 1.55. The first-order valence-electron chi connectivity index (χ1n) is 7.14. The van der Waals surface area contributed by atoms with E-state index in [0.717, 1.165) is 48.9 Å². The normalized spacial score (nSPS) is 23.1. The Morgan fingerprint density at radius 1 is 1.40 bits per heavy atom. The Kier molecular flexibility index (Phi) is 4.12. The number of aromatic nitrogens is 3. The van der Waals surface area contributed by atoms with Crippen molar-refractivity contribution in [3.8, 4) is 10.8 Å². The van der Waals surface area contributed by atoms with E-state index in [4.69, 9.17) is 9.26 Å². The second-order valence-corrected chi connectivity index (χ2v) is 6.11. The van der Waals surface area contributed by atoms with E-state index in [1.807, 2.05) is 12.3 Å². The summed E-state index contributed by atoms with van der Waals surface area (Å²) in [6.45, 7) is 4.93. The molecule has 5 nitrogen and oxygen atoms in total. The van der Waals surface area contributed by atoms with Crippen LogP contribution in [0.25, 0.3) is 10.8 Å². The highest BCUT2D eigenvalue weighted by molar-refractivity contribution is 7.13. The molecule has 0 bridgehead atoms. The van der Waals surface area contributed by atoms with Gasteiger partial charge >= 0.3 is 0 Å². The number of ether oxygens (including phenoxy) is 1. The zero-order valence-electron chi connectivity index (χ0n) is 11.8. The van der Waals surface area contributed by atoms with Gasteiger partial charge in [0, 0.05) is 23.6 Å². The molecule has 3 heterocycles. The van der Waals surface area contributed by atoms with E-state index in [0.29, 0.717) is 17.8 Å². The molecule has 2 aromatic heterocycles. The largest absolute Gasteiger partial charge is 0.378 e. The molecular formula is C14H19N3O2S. The van der Waals surface area contributed by atoms with Gasteiger partial charge in [0.05, 0.1) is 6.10 Å². The molecule has 2 unspecified atom stereocenters. The lowest BCUT2D eigenvalue weighted by Crippen LogP contribution is -2.24. The molecule has 20 heavy (non-hydrogen) atoms. The summed E-state index contributed by atoms with van der Waals surface area (Å²) in [5.41, 5.74) is 0.991. The molecule has 6 heteroatoms. The third kappa shape index (κ3) is 2.91. The Morgan fingerprint density at radius 2 is 2.30 bits per heavy atom. The molecule has 1 aliphatic heterocycles. The van der Waals surface area contributed by atoms with Crippen LogP contribution in [0, 0.1) is 6.92 Å². The van der Waals surface area contributed by atoms with Crippen molar-refractivity contribution >= 4 is 11.3 Å². The number of rotatable bonds is 4. The minimum atomic E-state index is 0.322. The van der Waals surface area contributed by atoms with Crippen LogP contribution in [0.2, 0.25) is 0 Å². The molecule has 1 saturated heterocycles. The average molecular weight is 293 g/mol. The summed E-state index contributed by atoms with van der Waals surface area (Å²) in [6.07, 6.45) is 4.51. The Balaban J connectivity index is 1.73. The Bertz CT molecular complexity index is 564. The minimum Gasteiger partial charge on any atom is -0.378 e. The number of hydrogen-bond donors (Lipinski definition) is 0. The molecule has 0 amide bonds. The van der Waals surface area contributed by atoms with Gasteiger partial charge in [-0.1, -0.05) is 18.5 Å². The molecule has 0 radical (unpaired) electrons. The maximum Gasteiger partial charge on any atom is 0.231 e. The van der Waals surface area contributed by atoms with E-state index in [-0.39, 0.29) is 0 Å². The van der Waals surface area contributed by atoms with Crippen molar-refractivity contribution < 1.29 is 9.26 Å². The van der Waals surface area contributed by atoms with Crippen molar-refractivity contribution in [1.82, 2.24) is 15.1 Å². The molecular weight excluding hydrogens is 274 g/mol. The second kappa shape index (κ2) is 6.01. The Labute approximate surface area is 122 Å². The molecule has 0 aliphatic carbocycles. The van der Waals surface area contributed by atoms with Crippen molar-refractivity contribution in [2.75, 3.05) is 6.61 Å². The summed E-state index contributed by atoms with van der Waals surface area (Å²) in [6, 6.07) is 0. The van der Waals surface area contributed by atoms with Crippen molar-refractivity contribution in [2.24, 2.45) is 0 Å². The average Bonchev–Trinajstić information content (AvgIpc) is 3.08. The van der Waals surface area contributed by atoms with Gasteiger partial charge in [-0.2, -0.15) is 4.98 Å². The van der Waals surface area contributed by atoms with E-state index in [9.17, 15) is 0 Å². The highest BCUT2D eigenvalue weighted by Gasteiger charge is 2.28. The van der Waals surface area contributed by atoms with Gasteiger partial charge in [0.25, 0.3) is 0 Å². The van der Waals surface area contributed by atoms with Gasteiger partial charge in [-0.25, -0.2) is 4.98 Å². The molecule has 3 rings (SSSR count). The maximum absolute atomic E-state index is 5.76. The van der Waals surface area contributed by atoms with E-state index >= 15 is 0 Å². The van der Waals surface area contributed by atoms with Crippen molar-refractivity contribution in [3.05, 3.63) is 17.0 Å². The van der Waals surface area contributed by atoms with Crippen LogP contribution >= 0.6 is 11.3 Å². The van der Waals surface area contributed by atoms with Crippen molar-refractivity contribution in [1.29, 1.82) is 0 Å². The van der Waals surface area contributed by atoms with Crippen molar-refractivity contribution in [3.63, 3.8) is 0 Å². The van der Waals surface area contributed by atoms with Crippen molar-refractivity contribution in [2.45, 2.75) is 51.6 Å². The number of nitrogens with zero attached hydrogens (tertiary/aromatic N) is 3. The Morgan fingerprint density at radius 3 is 3.05 bits per heavy atom. The van der Waals surface area contributed by atoms with Gasteiger partial charge in [-0.15, -0.1) is 11.3 Å². The summed E-state index contributed by atoms with van der Waals surface area (Å²) < 4.78 is 11.2. The second-order valence-electron chi connectivity index (χ2n) is 5.25. The monoisotopic (exact) mass is 293 g/mol. The number of hydrogen-bond acceptors (Lipinski definition) is 6. The lowest BCUT2D eigenvalue weighted by Gasteiger charge is -2.27. The van der Waals surface area contributed by atoms with Gasteiger partial charge in [-0.05, 0) is 26.2 Å². The molecule has 108 valence electrons. The quantitative estimate of drug-likeness (QED) is 0.862. The first-order valence-corrected chi connectivity index (χ1v) is 8.02. The number of aryl methyl sites for hydroxylation is 1. The van der Waals surface area contributed by atoms with Gasteiger partial charge in [0.1, 0.15) is 0 Å². The van der Waals surface area contributed by atoms with Gasteiger partial charge in [-0.3, -0.25) is 0 Å². The topological polar surface area (TPSA) is 61.0 Å². The van der Waals surface area contributed by atoms with Crippen LogP contribution in [0.15, 0.2) is 9.90 Å². The minimum absolute atomic E-state index is 0.322. The predicted molar refractivity (Wildman–Crippen MR) is 76.8 cm³/mol. The molecule has 0 aromatic carbocycles.